The van der Waals surface area contributed by atoms with Gasteiger partial charge in [0.05, 0.1) is 6.61 Å². The van der Waals surface area contributed by atoms with Crippen LogP contribution in [-0.2, 0) is 11.3 Å². The monoisotopic (exact) mass is 327 g/mol. The number of ether oxygens (including phenoxy) is 2. The van der Waals surface area contributed by atoms with Crippen molar-refractivity contribution in [3.8, 4) is 18.1 Å². The molecule has 2 heterocycles. The van der Waals surface area contributed by atoms with E-state index in [0.29, 0.717) is 12.0 Å². The number of nitrogens with one attached hydrogen (secondary N) is 1. The maximum atomic E-state index is 5.61. The van der Waals surface area contributed by atoms with E-state index in [1.807, 2.05) is 31.3 Å². The molecule has 1 aromatic rings. The minimum atomic E-state index is 0.278. The van der Waals surface area contributed by atoms with Crippen molar-refractivity contribution in [1.82, 2.24) is 10.2 Å². The Kier molecular flexibility index (Phi) is 5.27. The highest BCUT2D eigenvalue weighted by Gasteiger charge is 2.42. The van der Waals surface area contributed by atoms with E-state index in [0.717, 1.165) is 50.0 Å². The van der Waals surface area contributed by atoms with Gasteiger partial charge in [-0.05, 0) is 18.9 Å². The van der Waals surface area contributed by atoms with Crippen LogP contribution in [0.5, 0.6) is 5.75 Å². The van der Waals surface area contributed by atoms with E-state index in [1.54, 1.807) is 0 Å². The van der Waals surface area contributed by atoms with E-state index in [4.69, 9.17) is 15.9 Å². The maximum absolute atomic E-state index is 5.61. The van der Waals surface area contributed by atoms with Gasteiger partial charge in [-0.15, -0.1) is 6.42 Å². The second-order valence-corrected chi connectivity index (χ2v) is 6.48. The van der Waals surface area contributed by atoms with Crippen LogP contribution in [0.3, 0.4) is 0 Å². The summed E-state index contributed by atoms with van der Waals surface area (Å²) in [6.07, 6.45) is 7.62. The third kappa shape index (κ3) is 3.65. The molecule has 5 heteroatoms. The summed E-state index contributed by atoms with van der Waals surface area (Å²) in [5.74, 6) is 4.26. The highest BCUT2D eigenvalue weighted by molar-refractivity contribution is 5.80. The predicted molar refractivity (Wildman–Crippen MR) is 95.0 cm³/mol. The Bertz CT molecular complexity index is 630. The number of para-hydroxylation sites is 1. The van der Waals surface area contributed by atoms with E-state index in [2.05, 4.69) is 21.1 Å². The van der Waals surface area contributed by atoms with Crippen molar-refractivity contribution in [1.29, 1.82) is 0 Å². The molecule has 1 N–H and O–H groups in total. The fourth-order valence-corrected chi connectivity index (χ4v) is 3.50. The quantitative estimate of drug-likeness (QED) is 0.521. The maximum Gasteiger partial charge on any atom is 0.193 e. The van der Waals surface area contributed by atoms with E-state index in [9.17, 15) is 0 Å². The van der Waals surface area contributed by atoms with Gasteiger partial charge in [-0.25, -0.2) is 0 Å². The number of nitrogens with zero attached hydrogens (tertiary/aromatic N) is 2. The third-order valence-corrected chi connectivity index (χ3v) is 4.86. The van der Waals surface area contributed by atoms with Gasteiger partial charge in [0.1, 0.15) is 12.4 Å². The van der Waals surface area contributed by atoms with Crippen molar-refractivity contribution < 1.29 is 9.47 Å². The zero-order valence-corrected chi connectivity index (χ0v) is 14.3. The largest absolute Gasteiger partial charge is 0.481 e. The van der Waals surface area contributed by atoms with Gasteiger partial charge in [-0.3, -0.25) is 4.99 Å². The van der Waals surface area contributed by atoms with Gasteiger partial charge < -0.3 is 19.7 Å². The van der Waals surface area contributed by atoms with Gasteiger partial charge >= 0.3 is 0 Å². The molecule has 0 aromatic heterocycles. The first-order valence-corrected chi connectivity index (χ1v) is 8.44. The molecule has 1 atom stereocenters. The van der Waals surface area contributed by atoms with Crippen LogP contribution in [0.2, 0.25) is 0 Å². The SMILES string of the molecule is C#CCOc1ccccc1CNC(=NC)N1CCC2(CCOC2)C1. The summed E-state index contributed by atoms with van der Waals surface area (Å²) >= 11 is 0. The topological polar surface area (TPSA) is 46.1 Å². The van der Waals surface area contributed by atoms with E-state index >= 15 is 0 Å². The van der Waals surface area contributed by atoms with Crippen molar-refractivity contribution in [3.05, 3.63) is 29.8 Å². The Hall–Kier alpha value is -2.19. The predicted octanol–water partition coefficient (Wildman–Crippen LogP) is 1.89. The molecule has 0 amide bonds. The van der Waals surface area contributed by atoms with E-state index in [1.165, 1.54) is 6.42 Å². The Morgan fingerprint density at radius 2 is 2.33 bits per heavy atom. The van der Waals surface area contributed by atoms with Crippen LogP contribution in [0.25, 0.3) is 0 Å². The molecule has 2 aliphatic heterocycles. The molecule has 128 valence electrons. The fraction of sp³-hybridized carbons (Fsp3) is 0.526. The molecule has 2 fully saturated rings. The van der Waals surface area contributed by atoms with Crippen LogP contribution in [0.15, 0.2) is 29.3 Å². The number of rotatable bonds is 4. The minimum absolute atomic E-state index is 0.278. The summed E-state index contributed by atoms with van der Waals surface area (Å²) in [4.78, 5) is 6.78. The van der Waals surface area contributed by atoms with Gasteiger partial charge in [-0.1, -0.05) is 24.1 Å². The van der Waals surface area contributed by atoms with E-state index in [-0.39, 0.29) is 6.61 Å². The lowest BCUT2D eigenvalue weighted by atomic mass is 9.87. The number of likely N-dealkylation sites (tertiary alicyclic amines) is 1. The second kappa shape index (κ2) is 7.59. The summed E-state index contributed by atoms with van der Waals surface area (Å²) < 4.78 is 11.2. The van der Waals surface area contributed by atoms with Gasteiger partial charge in [0.15, 0.2) is 5.96 Å². The van der Waals surface area contributed by atoms with Crippen LogP contribution < -0.4 is 10.1 Å². The fourth-order valence-electron chi connectivity index (χ4n) is 3.50. The highest BCUT2D eigenvalue weighted by atomic mass is 16.5. The van der Waals surface area contributed by atoms with Crippen molar-refractivity contribution in [2.75, 3.05) is 40.0 Å². The molecule has 0 saturated carbocycles. The van der Waals surface area contributed by atoms with Gasteiger partial charge in [0.25, 0.3) is 0 Å². The molecule has 0 bridgehead atoms. The van der Waals surface area contributed by atoms with Crippen LogP contribution >= 0.6 is 0 Å². The zero-order valence-electron chi connectivity index (χ0n) is 14.3. The minimum Gasteiger partial charge on any atom is -0.481 e. The van der Waals surface area contributed by atoms with Crippen LogP contribution in [0.4, 0.5) is 0 Å². The van der Waals surface area contributed by atoms with Crippen LogP contribution in [0.1, 0.15) is 18.4 Å². The van der Waals surface area contributed by atoms with Crippen molar-refractivity contribution in [2.45, 2.75) is 19.4 Å². The molecule has 5 nitrogen and oxygen atoms in total. The molecule has 2 saturated heterocycles. The molecule has 3 rings (SSSR count). The molecular weight excluding hydrogens is 302 g/mol. The first-order chi connectivity index (χ1) is 11.8. The Morgan fingerprint density at radius 3 is 3.08 bits per heavy atom. The molecule has 0 aliphatic carbocycles. The van der Waals surface area contributed by atoms with Gasteiger partial charge in [-0.2, -0.15) is 0 Å². The molecule has 0 radical (unpaired) electrons. The molecule has 1 unspecified atom stereocenters. The number of guanidine groups is 1. The zero-order chi connectivity index (χ0) is 16.8. The summed E-state index contributed by atoms with van der Waals surface area (Å²) in [5.41, 5.74) is 1.40. The van der Waals surface area contributed by atoms with Gasteiger partial charge in [0.2, 0.25) is 0 Å². The highest BCUT2D eigenvalue weighted by Crippen LogP contribution is 2.38. The molecular formula is C19H25N3O2. The Morgan fingerprint density at radius 1 is 1.46 bits per heavy atom. The summed E-state index contributed by atoms with van der Waals surface area (Å²) in [6.45, 7) is 4.75. The molecule has 1 aromatic carbocycles. The molecule has 2 aliphatic rings. The Labute approximate surface area is 144 Å². The van der Waals surface area contributed by atoms with Crippen molar-refractivity contribution >= 4 is 5.96 Å². The average Bonchev–Trinajstić information content (AvgIpc) is 3.25. The van der Waals surface area contributed by atoms with E-state index < -0.39 is 0 Å². The molecule has 24 heavy (non-hydrogen) atoms. The van der Waals surface area contributed by atoms with Gasteiger partial charge in [0, 0.05) is 44.3 Å². The average molecular weight is 327 g/mol. The third-order valence-electron chi connectivity index (χ3n) is 4.86. The second-order valence-electron chi connectivity index (χ2n) is 6.48. The molecule has 1 spiro atoms. The standard InChI is InChI=1S/C19H25N3O2/c1-3-11-24-17-7-5-4-6-16(17)13-21-18(20-2)22-10-8-19(14-22)9-12-23-15-19/h1,4-7H,8-15H2,2H3,(H,20,21). The summed E-state index contributed by atoms with van der Waals surface area (Å²) in [6, 6.07) is 7.94. The lowest BCUT2D eigenvalue weighted by Gasteiger charge is -2.25. The first-order valence-electron chi connectivity index (χ1n) is 8.44. The summed E-state index contributed by atoms with van der Waals surface area (Å²) in [7, 11) is 1.83. The van der Waals surface area contributed by atoms with Crippen LogP contribution in [0, 0.1) is 17.8 Å². The number of hydrogen-bond acceptors (Lipinski definition) is 3. The summed E-state index contributed by atoms with van der Waals surface area (Å²) in [5, 5.41) is 3.45. The van der Waals surface area contributed by atoms with Crippen molar-refractivity contribution in [3.63, 3.8) is 0 Å². The number of aliphatic imine (C=N–C) groups is 1. The number of hydrogen-bond donors (Lipinski definition) is 1. The normalized spacial score (nSPS) is 23.5. The number of terminal acetylenes is 1. The number of benzene rings is 1. The smallest absolute Gasteiger partial charge is 0.193 e. The lowest BCUT2D eigenvalue weighted by molar-refractivity contribution is 0.156. The lowest BCUT2D eigenvalue weighted by Crippen LogP contribution is -2.41. The first kappa shape index (κ1) is 16.7. The van der Waals surface area contributed by atoms with Crippen molar-refractivity contribution in [2.24, 2.45) is 10.4 Å². The van der Waals surface area contributed by atoms with Crippen LogP contribution in [-0.4, -0.2) is 50.8 Å². The Balaban J connectivity index is 1.60.